The molecule has 0 aliphatic carbocycles. The molecule has 14 heteroatoms. The molecule has 1 aromatic heterocycles. The molecular formula is C22H16ClF3N4O5S. The van der Waals surface area contributed by atoms with Gasteiger partial charge in [-0.3, -0.25) is 9.52 Å². The predicted octanol–water partition coefficient (Wildman–Crippen LogP) is 4.64. The Bertz CT molecular complexity index is 1570. The highest BCUT2D eigenvalue weighted by Crippen LogP contribution is 2.35. The van der Waals surface area contributed by atoms with E-state index in [1.54, 1.807) is 0 Å². The molecule has 3 heterocycles. The molecule has 0 fully saturated rings. The van der Waals surface area contributed by atoms with Gasteiger partial charge in [-0.05, 0) is 36.8 Å². The van der Waals surface area contributed by atoms with Crippen molar-refractivity contribution in [3.8, 4) is 17.3 Å². The maximum atomic E-state index is 13.5. The number of methoxy groups -OCH3 is 1. The fourth-order valence-corrected chi connectivity index (χ4v) is 4.75. The van der Waals surface area contributed by atoms with Gasteiger partial charge in [-0.1, -0.05) is 17.7 Å². The molecule has 2 aliphatic heterocycles. The second-order valence-electron chi connectivity index (χ2n) is 7.55. The van der Waals surface area contributed by atoms with Crippen LogP contribution in [0.1, 0.15) is 27.2 Å². The number of aryl methyl sites for hydroxylation is 1. The molecule has 0 saturated heterocycles. The van der Waals surface area contributed by atoms with Crippen LogP contribution in [0, 0.1) is 6.92 Å². The molecule has 188 valence electrons. The van der Waals surface area contributed by atoms with Crippen molar-refractivity contribution in [1.29, 1.82) is 0 Å². The average molecular weight is 541 g/mol. The van der Waals surface area contributed by atoms with Crippen LogP contribution < -0.4 is 9.46 Å². The standard InChI is InChI=1S/C22H16ClF3N4O5S/c1-11-3-4-13(8-16(11)22(24,25)26)36(33,34)29-17-7-12(23)10-28-19(17)20(31)15-9-18(35-2)30(32)21-14(15)5-6-27-21/h3-10,29,32H,1-2H3. The van der Waals surface area contributed by atoms with Crippen molar-refractivity contribution in [2.45, 2.75) is 18.0 Å². The van der Waals surface area contributed by atoms with Crippen LogP contribution in [0.3, 0.4) is 0 Å². The van der Waals surface area contributed by atoms with Gasteiger partial charge in [-0.2, -0.15) is 13.2 Å². The van der Waals surface area contributed by atoms with Gasteiger partial charge in [0.25, 0.3) is 10.0 Å². The molecular weight excluding hydrogens is 525 g/mol. The Morgan fingerprint density at radius 2 is 1.89 bits per heavy atom. The molecule has 0 radical (unpaired) electrons. The number of ether oxygens (including phenoxy) is 1. The maximum Gasteiger partial charge on any atom is 0.416 e. The molecule has 4 rings (SSSR count). The van der Waals surface area contributed by atoms with E-state index in [0.29, 0.717) is 10.8 Å². The van der Waals surface area contributed by atoms with Crippen LogP contribution in [0.25, 0.3) is 11.4 Å². The van der Waals surface area contributed by atoms with Gasteiger partial charge in [-0.15, -0.1) is 4.73 Å². The number of alkyl halides is 3. The van der Waals surface area contributed by atoms with Crippen LogP contribution in [0.2, 0.25) is 5.02 Å². The second kappa shape index (κ2) is 8.99. The number of fused-ring (bicyclic) bond motifs is 1. The van der Waals surface area contributed by atoms with E-state index in [2.05, 4.69) is 14.7 Å². The van der Waals surface area contributed by atoms with Gasteiger partial charge < -0.3 is 9.94 Å². The zero-order chi connectivity index (χ0) is 26.4. The van der Waals surface area contributed by atoms with Crippen molar-refractivity contribution >= 4 is 33.1 Å². The van der Waals surface area contributed by atoms with Gasteiger partial charge in [0.15, 0.2) is 5.82 Å². The summed E-state index contributed by atoms with van der Waals surface area (Å²) in [4.78, 5) is 20.7. The zero-order valence-corrected chi connectivity index (χ0v) is 20.0. The minimum absolute atomic E-state index is 0.00636. The minimum atomic E-state index is -4.77. The van der Waals surface area contributed by atoms with Gasteiger partial charge in [0, 0.05) is 29.6 Å². The number of hydrogen-bond acceptors (Lipinski definition) is 7. The summed E-state index contributed by atoms with van der Waals surface area (Å²) in [5.41, 5.74) is -1.86. The third-order valence-electron chi connectivity index (χ3n) is 5.24. The van der Waals surface area contributed by atoms with E-state index in [-0.39, 0.29) is 39.1 Å². The molecule has 2 N–H and O–H groups in total. The highest BCUT2D eigenvalue weighted by molar-refractivity contribution is 7.92. The van der Waals surface area contributed by atoms with E-state index >= 15 is 0 Å². The Morgan fingerprint density at radius 1 is 1.17 bits per heavy atom. The molecule has 0 saturated carbocycles. The number of halogens is 4. The third-order valence-corrected chi connectivity index (χ3v) is 6.81. The van der Waals surface area contributed by atoms with Crippen molar-refractivity contribution in [3.05, 3.63) is 76.2 Å². The number of anilines is 1. The topological polar surface area (TPSA) is 123 Å². The van der Waals surface area contributed by atoms with E-state index < -0.39 is 38.1 Å². The molecule has 0 bridgehead atoms. The Balaban J connectivity index is 1.80. The summed E-state index contributed by atoms with van der Waals surface area (Å²) in [6, 6.07) is 6.28. The normalized spacial score (nSPS) is 12.1. The monoisotopic (exact) mass is 540 g/mol. The number of nitrogens with one attached hydrogen (secondary N) is 1. The summed E-state index contributed by atoms with van der Waals surface area (Å²) < 4.78 is 73.8. The number of ketones is 1. The van der Waals surface area contributed by atoms with E-state index in [1.165, 1.54) is 32.4 Å². The van der Waals surface area contributed by atoms with Crippen molar-refractivity contribution in [2.24, 2.45) is 0 Å². The third kappa shape index (κ3) is 4.54. The Hall–Kier alpha value is -3.84. The number of rotatable bonds is 6. The molecule has 0 amide bonds. The van der Waals surface area contributed by atoms with Crippen LogP contribution in [-0.2, 0) is 16.2 Å². The molecule has 2 aromatic rings. The number of benzene rings is 1. The number of sulfonamides is 1. The Morgan fingerprint density at radius 3 is 2.56 bits per heavy atom. The fraction of sp³-hybridized carbons (Fsp3) is 0.136. The van der Waals surface area contributed by atoms with Crippen molar-refractivity contribution in [3.63, 3.8) is 0 Å². The average Bonchev–Trinajstić information content (AvgIpc) is 3.29. The Kier molecular flexibility index (Phi) is 6.31. The lowest BCUT2D eigenvalue weighted by Crippen LogP contribution is -2.19. The van der Waals surface area contributed by atoms with Crippen LogP contribution in [0.15, 0.2) is 53.7 Å². The largest absolute Gasteiger partial charge is 0.480 e. The lowest BCUT2D eigenvalue weighted by Gasteiger charge is -2.16. The SMILES string of the molecule is COc1cc(C(=O)c2ncc(Cl)cc2NS(=O)(=O)c2ccc(C)c(C(F)(F)F)c2)c2ccnc-2n1O. The van der Waals surface area contributed by atoms with Crippen LogP contribution in [-0.4, -0.2) is 41.2 Å². The van der Waals surface area contributed by atoms with Crippen LogP contribution in [0.4, 0.5) is 18.9 Å². The van der Waals surface area contributed by atoms with Crippen LogP contribution in [0.5, 0.6) is 5.88 Å². The number of pyridine rings is 2. The number of carbonyl (C=O) groups excluding carboxylic acids is 1. The highest BCUT2D eigenvalue weighted by Gasteiger charge is 2.34. The number of carbonyl (C=O) groups is 1. The summed E-state index contributed by atoms with van der Waals surface area (Å²) in [5.74, 6) is -0.936. The minimum Gasteiger partial charge on any atom is -0.480 e. The first-order valence-electron chi connectivity index (χ1n) is 9.98. The molecule has 0 atom stereocenters. The van der Waals surface area contributed by atoms with Gasteiger partial charge >= 0.3 is 6.18 Å². The summed E-state index contributed by atoms with van der Waals surface area (Å²) in [6.07, 6.45) is -2.33. The van der Waals surface area contributed by atoms with Gasteiger partial charge in [0.2, 0.25) is 11.7 Å². The molecule has 2 aliphatic rings. The summed E-state index contributed by atoms with van der Waals surface area (Å²) in [6.45, 7) is 1.20. The van der Waals surface area contributed by atoms with E-state index in [4.69, 9.17) is 16.3 Å². The lowest BCUT2D eigenvalue weighted by molar-refractivity contribution is -0.138. The first kappa shape index (κ1) is 25.3. The quantitative estimate of drug-likeness (QED) is 0.270. The van der Waals surface area contributed by atoms with Gasteiger partial charge in [0.1, 0.15) is 5.69 Å². The second-order valence-corrected chi connectivity index (χ2v) is 9.67. The van der Waals surface area contributed by atoms with E-state index in [9.17, 15) is 31.6 Å². The molecule has 36 heavy (non-hydrogen) atoms. The van der Waals surface area contributed by atoms with E-state index in [1.807, 2.05) is 0 Å². The number of hydrogen-bond donors (Lipinski definition) is 2. The van der Waals surface area contributed by atoms with Gasteiger partial charge in [-0.25, -0.2) is 18.4 Å². The number of aromatic nitrogens is 3. The summed E-state index contributed by atoms with van der Waals surface area (Å²) in [5, 5.41) is 10.2. The smallest absolute Gasteiger partial charge is 0.416 e. The highest BCUT2D eigenvalue weighted by atomic mass is 35.5. The van der Waals surface area contributed by atoms with Crippen LogP contribution >= 0.6 is 11.6 Å². The van der Waals surface area contributed by atoms with E-state index in [0.717, 1.165) is 24.4 Å². The zero-order valence-electron chi connectivity index (χ0n) is 18.5. The maximum absolute atomic E-state index is 13.5. The fourth-order valence-electron chi connectivity index (χ4n) is 3.51. The first-order valence-corrected chi connectivity index (χ1v) is 11.8. The Labute approximate surface area is 207 Å². The van der Waals surface area contributed by atoms with Crippen molar-refractivity contribution in [1.82, 2.24) is 14.7 Å². The predicted molar refractivity (Wildman–Crippen MR) is 122 cm³/mol. The lowest BCUT2D eigenvalue weighted by atomic mass is 10.0. The van der Waals surface area contributed by atoms with Crippen molar-refractivity contribution in [2.75, 3.05) is 11.8 Å². The molecule has 1 aromatic carbocycles. The molecule has 9 nitrogen and oxygen atoms in total. The van der Waals surface area contributed by atoms with Gasteiger partial charge in [0.05, 0.1) is 28.3 Å². The molecule has 0 spiro atoms. The summed E-state index contributed by atoms with van der Waals surface area (Å²) >= 11 is 5.97. The first-order chi connectivity index (χ1) is 16.8. The van der Waals surface area contributed by atoms with Crippen molar-refractivity contribution < 1.29 is 36.3 Å². The number of nitrogens with zero attached hydrogens (tertiary/aromatic N) is 3. The summed E-state index contributed by atoms with van der Waals surface area (Å²) in [7, 11) is -3.35. The molecule has 0 unspecified atom stereocenters.